The summed E-state index contributed by atoms with van der Waals surface area (Å²) >= 11 is 1.78. The molecule has 3 fully saturated rings. The van der Waals surface area contributed by atoms with Crippen molar-refractivity contribution in [2.75, 3.05) is 32.8 Å². The van der Waals surface area contributed by atoms with Crippen molar-refractivity contribution in [1.29, 1.82) is 0 Å². The third-order valence-electron chi connectivity index (χ3n) is 7.42. The topological polar surface area (TPSA) is 79.8 Å². The molecule has 2 heterocycles. The van der Waals surface area contributed by atoms with Gasteiger partial charge < -0.3 is 21.1 Å². The lowest BCUT2D eigenvalue weighted by atomic mass is 9.82. The zero-order chi connectivity index (χ0) is 23.8. The normalized spacial score (nSPS) is 29.2. The Morgan fingerprint density at radius 3 is 2.68 bits per heavy atom. The molecule has 5 N–H and O–H groups in total. The number of hydrogen-bond acceptors (Lipinski definition) is 7. The maximum Gasteiger partial charge on any atom is 0.123 e. The van der Waals surface area contributed by atoms with Crippen molar-refractivity contribution in [2.45, 2.75) is 63.0 Å². The maximum atomic E-state index is 13.6. The smallest absolute Gasteiger partial charge is 0.123 e. The molecule has 188 valence electrons. The molecule has 0 spiro atoms. The van der Waals surface area contributed by atoms with E-state index in [2.05, 4.69) is 20.0 Å². The second-order valence-electron chi connectivity index (χ2n) is 9.78. The Labute approximate surface area is 208 Å². The molecule has 0 bridgehead atoms. The Kier molecular flexibility index (Phi) is 9.56. The summed E-state index contributed by atoms with van der Waals surface area (Å²) in [6, 6.07) is 7.47. The van der Waals surface area contributed by atoms with E-state index in [0.717, 1.165) is 76.3 Å². The molecular weight excluding hydrogens is 449 g/mol. The molecule has 3 aliphatic rings. The first-order valence-corrected chi connectivity index (χ1v) is 13.5. The van der Waals surface area contributed by atoms with E-state index in [-0.39, 0.29) is 11.9 Å². The molecule has 1 saturated carbocycles. The lowest BCUT2D eigenvalue weighted by Gasteiger charge is -2.41. The SMILES string of the molecule is N/C=C\C=C(/N)N1CCC(NSN2CCCC2)C(CO[C@H]2CC[C@@H](c3cccc(F)c3)CC2)C1. The van der Waals surface area contributed by atoms with Crippen LogP contribution < -0.4 is 16.2 Å². The highest BCUT2D eigenvalue weighted by Crippen LogP contribution is 2.35. The first-order chi connectivity index (χ1) is 16.6. The van der Waals surface area contributed by atoms with E-state index in [4.69, 9.17) is 16.2 Å². The third-order valence-corrected chi connectivity index (χ3v) is 8.45. The predicted molar refractivity (Wildman–Crippen MR) is 138 cm³/mol. The molecule has 1 aromatic rings. The number of rotatable bonds is 9. The van der Waals surface area contributed by atoms with Gasteiger partial charge in [-0.25, -0.2) is 13.4 Å². The van der Waals surface area contributed by atoms with Gasteiger partial charge in [0.25, 0.3) is 0 Å². The fourth-order valence-corrected chi connectivity index (χ4v) is 6.39. The summed E-state index contributed by atoms with van der Waals surface area (Å²) in [5, 5.41) is 0. The first-order valence-electron chi connectivity index (χ1n) is 12.8. The van der Waals surface area contributed by atoms with E-state index in [0.29, 0.717) is 17.9 Å². The number of hydrogen-bond donors (Lipinski definition) is 3. The monoisotopic (exact) mass is 489 g/mol. The molecule has 2 saturated heterocycles. The molecule has 8 heteroatoms. The minimum Gasteiger partial charge on any atom is -0.405 e. The predicted octanol–water partition coefficient (Wildman–Crippen LogP) is 4.08. The van der Waals surface area contributed by atoms with Gasteiger partial charge in [-0.3, -0.25) is 0 Å². The van der Waals surface area contributed by atoms with Crippen molar-refractivity contribution in [3.8, 4) is 0 Å². The number of nitrogens with zero attached hydrogens (tertiary/aromatic N) is 2. The highest BCUT2D eigenvalue weighted by Gasteiger charge is 2.32. The maximum absolute atomic E-state index is 13.6. The van der Waals surface area contributed by atoms with Gasteiger partial charge in [-0.15, -0.1) is 0 Å². The number of nitrogens with two attached hydrogens (primary N) is 2. The average molecular weight is 490 g/mol. The second kappa shape index (κ2) is 12.8. The van der Waals surface area contributed by atoms with Crippen LogP contribution in [0, 0.1) is 11.7 Å². The van der Waals surface area contributed by atoms with Gasteiger partial charge in [0.05, 0.1) is 18.5 Å². The van der Waals surface area contributed by atoms with Gasteiger partial charge in [0.1, 0.15) is 5.82 Å². The summed E-state index contributed by atoms with van der Waals surface area (Å²) in [5.41, 5.74) is 12.9. The lowest BCUT2D eigenvalue weighted by Crippen LogP contribution is -2.50. The number of piperidine rings is 1. The van der Waals surface area contributed by atoms with Gasteiger partial charge >= 0.3 is 0 Å². The van der Waals surface area contributed by atoms with Crippen LogP contribution in [0.25, 0.3) is 0 Å². The van der Waals surface area contributed by atoms with Gasteiger partial charge in [-0.2, -0.15) is 0 Å². The zero-order valence-electron chi connectivity index (χ0n) is 20.1. The van der Waals surface area contributed by atoms with Crippen molar-refractivity contribution in [1.82, 2.24) is 13.9 Å². The fraction of sp³-hybridized carbons (Fsp3) is 0.615. The van der Waals surface area contributed by atoms with E-state index < -0.39 is 0 Å². The van der Waals surface area contributed by atoms with E-state index >= 15 is 0 Å². The fourth-order valence-electron chi connectivity index (χ4n) is 5.35. The molecule has 0 radical (unpaired) electrons. The summed E-state index contributed by atoms with van der Waals surface area (Å²) in [7, 11) is 0. The molecule has 2 unspecified atom stereocenters. The Balaban J connectivity index is 1.30. The largest absolute Gasteiger partial charge is 0.405 e. The summed E-state index contributed by atoms with van der Waals surface area (Å²) in [6.07, 6.45) is 13.2. The highest BCUT2D eigenvalue weighted by atomic mass is 32.2. The summed E-state index contributed by atoms with van der Waals surface area (Å²) in [4.78, 5) is 2.24. The van der Waals surface area contributed by atoms with E-state index in [1.165, 1.54) is 25.1 Å². The molecule has 4 rings (SSSR count). The number of benzene rings is 1. The van der Waals surface area contributed by atoms with Crippen LogP contribution in [0.4, 0.5) is 4.39 Å². The van der Waals surface area contributed by atoms with E-state index in [1.54, 1.807) is 24.3 Å². The molecular formula is C26H40FN5OS. The van der Waals surface area contributed by atoms with Crippen LogP contribution in [0.1, 0.15) is 56.4 Å². The van der Waals surface area contributed by atoms with Crippen LogP contribution in [0.5, 0.6) is 0 Å². The molecule has 1 aromatic carbocycles. The molecule has 0 amide bonds. The standard InChI is InChI=1S/C26H40FN5OS/c27-23-6-3-5-21(17-23)20-8-10-24(11-9-20)33-19-22-18-31(26(29)7-4-13-28)16-12-25(22)30-34-32-14-1-2-15-32/h3-7,13,17,20,22,24-25,30H,1-2,8-12,14-16,18-19,28-29H2/b13-4-,26-7+/t20-,22?,24+,25?. The van der Waals surface area contributed by atoms with Crippen molar-refractivity contribution >= 4 is 12.1 Å². The van der Waals surface area contributed by atoms with Crippen molar-refractivity contribution in [2.24, 2.45) is 17.4 Å². The highest BCUT2D eigenvalue weighted by molar-refractivity contribution is 7.95. The van der Waals surface area contributed by atoms with Gasteiger partial charge in [0.2, 0.25) is 0 Å². The lowest BCUT2D eigenvalue weighted by molar-refractivity contribution is -0.0135. The molecule has 2 aliphatic heterocycles. The van der Waals surface area contributed by atoms with Crippen LogP contribution in [-0.4, -0.2) is 54.1 Å². The molecule has 0 aromatic heterocycles. The molecule has 6 nitrogen and oxygen atoms in total. The summed E-state index contributed by atoms with van der Waals surface area (Å²) in [5.74, 6) is 1.41. The first kappa shape index (κ1) is 25.4. The van der Waals surface area contributed by atoms with Gasteiger partial charge in [0.15, 0.2) is 0 Å². The molecule has 2 atom stereocenters. The Morgan fingerprint density at radius 1 is 1.15 bits per heavy atom. The molecule has 1 aliphatic carbocycles. The average Bonchev–Trinajstić information content (AvgIpc) is 3.39. The Hall–Kier alpha value is -1.74. The number of likely N-dealkylation sites (tertiary alicyclic amines) is 1. The number of halogens is 1. The summed E-state index contributed by atoms with van der Waals surface area (Å²) < 4.78 is 26.3. The van der Waals surface area contributed by atoms with Crippen LogP contribution in [0.15, 0.2) is 48.4 Å². The van der Waals surface area contributed by atoms with Crippen LogP contribution in [-0.2, 0) is 4.74 Å². The van der Waals surface area contributed by atoms with Crippen LogP contribution >= 0.6 is 12.1 Å². The minimum atomic E-state index is -0.140. The quantitative estimate of drug-likeness (QED) is 0.356. The van der Waals surface area contributed by atoms with Crippen molar-refractivity contribution in [3.63, 3.8) is 0 Å². The second-order valence-corrected chi connectivity index (χ2v) is 10.7. The number of ether oxygens (including phenoxy) is 1. The third kappa shape index (κ3) is 7.13. The Bertz CT molecular complexity index is 823. The van der Waals surface area contributed by atoms with Gasteiger partial charge in [-0.1, -0.05) is 12.1 Å². The summed E-state index contributed by atoms with van der Waals surface area (Å²) in [6.45, 7) is 4.84. The van der Waals surface area contributed by atoms with Crippen LogP contribution in [0.3, 0.4) is 0 Å². The minimum absolute atomic E-state index is 0.140. The van der Waals surface area contributed by atoms with Gasteiger partial charge in [0, 0.05) is 50.3 Å². The zero-order valence-corrected chi connectivity index (χ0v) is 20.9. The van der Waals surface area contributed by atoms with E-state index in [1.807, 2.05) is 12.1 Å². The van der Waals surface area contributed by atoms with Crippen molar-refractivity contribution in [3.05, 3.63) is 59.8 Å². The van der Waals surface area contributed by atoms with Crippen molar-refractivity contribution < 1.29 is 9.13 Å². The molecule has 34 heavy (non-hydrogen) atoms. The van der Waals surface area contributed by atoms with Gasteiger partial charge in [-0.05, 0) is 86.9 Å². The van der Waals surface area contributed by atoms with E-state index in [9.17, 15) is 4.39 Å². The van der Waals surface area contributed by atoms with Crippen LogP contribution in [0.2, 0.25) is 0 Å². The Morgan fingerprint density at radius 2 is 1.94 bits per heavy atom. The number of allylic oxidation sites excluding steroid dienone is 2. The number of nitrogens with one attached hydrogen (secondary N) is 1.